The molecule has 1 saturated heterocycles. The molecule has 1 rings (SSSR count). The topological polar surface area (TPSA) is 70.6 Å². The van der Waals surface area contributed by atoms with Crippen molar-refractivity contribution in [2.24, 2.45) is 11.8 Å². The van der Waals surface area contributed by atoms with Crippen LogP contribution in [0.5, 0.6) is 0 Å². The standard InChI is InChI=1S/C15H30N2O3/c1-11(2)14-13(7-5-9-20-14)10-16-15(19)17-12(3)6-4-8-18/h11-14,18H,4-10H2,1-3H3,(H2,16,17,19). The zero-order chi connectivity index (χ0) is 15.0. The molecule has 118 valence electrons. The van der Waals surface area contributed by atoms with Crippen molar-refractivity contribution in [3.8, 4) is 0 Å². The van der Waals surface area contributed by atoms with Crippen LogP contribution in [-0.4, -0.2) is 43.0 Å². The largest absolute Gasteiger partial charge is 0.396 e. The number of amides is 2. The normalized spacial score (nSPS) is 24.4. The molecule has 0 spiro atoms. The third kappa shape index (κ3) is 6.09. The minimum absolute atomic E-state index is 0.0886. The maximum absolute atomic E-state index is 11.8. The highest BCUT2D eigenvalue weighted by Gasteiger charge is 2.28. The second-order valence-electron chi connectivity index (χ2n) is 6.10. The number of ether oxygens (including phenoxy) is 1. The summed E-state index contributed by atoms with van der Waals surface area (Å²) in [5.74, 6) is 0.885. The van der Waals surface area contributed by atoms with Gasteiger partial charge in [-0.15, -0.1) is 0 Å². The molecule has 0 aromatic carbocycles. The lowest BCUT2D eigenvalue weighted by molar-refractivity contribution is -0.0508. The van der Waals surface area contributed by atoms with E-state index in [4.69, 9.17) is 9.84 Å². The third-order valence-electron chi connectivity index (χ3n) is 3.85. The van der Waals surface area contributed by atoms with Gasteiger partial charge in [0.25, 0.3) is 0 Å². The highest BCUT2D eigenvalue weighted by Crippen LogP contribution is 2.25. The Bertz CT molecular complexity index is 284. The fraction of sp³-hybridized carbons (Fsp3) is 0.933. The van der Waals surface area contributed by atoms with E-state index in [1.807, 2.05) is 6.92 Å². The van der Waals surface area contributed by atoms with E-state index in [1.54, 1.807) is 0 Å². The molecule has 1 heterocycles. The van der Waals surface area contributed by atoms with Gasteiger partial charge in [-0.3, -0.25) is 0 Å². The quantitative estimate of drug-likeness (QED) is 0.669. The molecule has 20 heavy (non-hydrogen) atoms. The van der Waals surface area contributed by atoms with Gasteiger partial charge in [-0.2, -0.15) is 0 Å². The van der Waals surface area contributed by atoms with Gasteiger partial charge < -0.3 is 20.5 Å². The molecular formula is C15H30N2O3. The maximum Gasteiger partial charge on any atom is 0.315 e. The average Bonchev–Trinajstić information content (AvgIpc) is 2.43. The molecule has 5 heteroatoms. The molecule has 0 aromatic rings. The summed E-state index contributed by atoms with van der Waals surface area (Å²) in [5.41, 5.74) is 0. The van der Waals surface area contributed by atoms with Gasteiger partial charge in [-0.1, -0.05) is 13.8 Å². The van der Waals surface area contributed by atoms with Crippen molar-refractivity contribution in [1.29, 1.82) is 0 Å². The fourth-order valence-corrected chi connectivity index (χ4v) is 2.79. The van der Waals surface area contributed by atoms with Crippen LogP contribution in [0.1, 0.15) is 46.5 Å². The summed E-state index contributed by atoms with van der Waals surface area (Å²) in [7, 11) is 0. The highest BCUT2D eigenvalue weighted by molar-refractivity contribution is 5.74. The number of carbonyl (C=O) groups excluding carboxylic acids is 1. The molecule has 1 aliphatic rings. The lowest BCUT2D eigenvalue weighted by atomic mass is 9.87. The van der Waals surface area contributed by atoms with Gasteiger partial charge in [-0.25, -0.2) is 4.79 Å². The molecule has 3 N–H and O–H groups in total. The van der Waals surface area contributed by atoms with E-state index >= 15 is 0 Å². The molecule has 0 aliphatic carbocycles. The van der Waals surface area contributed by atoms with E-state index in [0.717, 1.165) is 25.9 Å². The van der Waals surface area contributed by atoms with Crippen LogP contribution in [0.25, 0.3) is 0 Å². The fourth-order valence-electron chi connectivity index (χ4n) is 2.79. The van der Waals surface area contributed by atoms with Crippen LogP contribution in [-0.2, 0) is 4.74 Å². The smallest absolute Gasteiger partial charge is 0.315 e. The van der Waals surface area contributed by atoms with Crippen molar-refractivity contribution in [1.82, 2.24) is 10.6 Å². The summed E-state index contributed by atoms with van der Waals surface area (Å²) in [6.45, 7) is 7.96. The first-order chi connectivity index (χ1) is 9.54. The van der Waals surface area contributed by atoms with Gasteiger partial charge in [0, 0.05) is 31.7 Å². The zero-order valence-electron chi connectivity index (χ0n) is 13.0. The number of hydrogen-bond donors (Lipinski definition) is 3. The minimum atomic E-state index is -0.122. The Labute approximate surface area is 122 Å². The molecule has 0 saturated carbocycles. The van der Waals surface area contributed by atoms with E-state index in [9.17, 15) is 4.79 Å². The van der Waals surface area contributed by atoms with Crippen LogP contribution in [0.15, 0.2) is 0 Å². The minimum Gasteiger partial charge on any atom is -0.396 e. The summed E-state index contributed by atoms with van der Waals surface area (Å²) in [6.07, 6.45) is 3.95. The Balaban J connectivity index is 2.28. The molecule has 2 amide bonds. The Morgan fingerprint density at radius 3 is 2.80 bits per heavy atom. The van der Waals surface area contributed by atoms with Crippen molar-refractivity contribution in [2.75, 3.05) is 19.8 Å². The van der Waals surface area contributed by atoms with Gasteiger partial charge in [0.2, 0.25) is 0 Å². The summed E-state index contributed by atoms with van der Waals surface area (Å²) in [5, 5.41) is 14.6. The predicted octanol–water partition coefficient (Wildman–Crippen LogP) is 1.90. The molecule has 0 bridgehead atoms. The number of carbonyl (C=O) groups is 1. The monoisotopic (exact) mass is 286 g/mol. The molecule has 1 aliphatic heterocycles. The second-order valence-corrected chi connectivity index (χ2v) is 6.10. The van der Waals surface area contributed by atoms with E-state index in [-0.39, 0.29) is 24.8 Å². The zero-order valence-corrected chi connectivity index (χ0v) is 13.0. The first-order valence-corrected chi connectivity index (χ1v) is 7.81. The Morgan fingerprint density at radius 2 is 2.15 bits per heavy atom. The van der Waals surface area contributed by atoms with Gasteiger partial charge >= 0.3 is 6.03 Å². The van der Waals surface area contributed by atoms with Gasteiger partial charge in [0.1, 0.15) is 0 Å². The number of hydrogen-bond acceptors (Lipinski definition) is 3. The van der Waals surface area contributed by atoms with Gasteiger partial charge in [0.05, 0.1) is 6.10 Å². The Morgan fingerprint density at radius 1 is 1.40 bits per heavy atom. The predicted molar refractivity (Wildman–Crippen MR) is 79.6 cm³/mol. The highest BCUT2D eigenvalue weighted by atomic mass is 16.5. The van der Waals surface area contributed by atoms with E-state index < -0.39 is 0 Å². The molecule has 1 fully saturated rings. The Hall–Kier alpha value is -0.810. The van der Waals surface area contributed by atoms with Gasteiger partial charge in [-0.05, 0) is 38.5 Å². The van der Waals surface area contributed by atoms with Crippen molar-refractivity contribution >= 4 is 6.03 Å². The van der Waals surface area contributed by atoms with Crippen molar-refractivity contribution in [2.45, 2.75) is 58.6 Å². The third-order valence-corrected chi connectivity index (χ3v) is 3.85. The molecule has 3 atom stereocenters. The molecular weight excluding hydrogens is 256 g/mol. The number of urea groups is 1. The van der Waals surface area contributed by atoms with E-state index in [0.29, 0.717) is 24.8 Å². The van der Waals surface area contributed by atoms with Crippen LogP contribution < -0.4 is 10.6 Å². The van der Waals surface area contributed by atoms with Crippen LogP contribution in [0.4, 0.5) is 4.79 Å². The molecule has 0 aromatic heterocycles. The first-order valence-electron chi connectivity index (χ1n) is 7.81. The summed E-state index contributed by atoms with van der Waals surface area (Å²) in [4.78, 5) is 11.8. The number of aliphatic hydroxyl groups is 1. The molecule has 3 unspecified atom stereocenters. The lowest BCUT2D eigenvalue weighted by Crippen LogP contribution is -2.46. The molecule has 0 radical (unpaired) electrons. The van der Waals surface area contributed by atoms with Crippen molar-refractivity contribution in [3.63, 3.8) is 0 Å². The number of nitrogens with one attached hydrogen (secondary N) is 2. The lowest BCUT2D eigenvalue weighted by Gasteiger charge is -2.34. The second kappa shape index (κ2) is 9.19. The average molecular weight is 286 g/mol. The van der Waals surface area contributed by atoms with Crippen molar-refractivity contribution in [3.05, 3.63) is 0 Å². The SMILES string of the molecule is CC(CCCO)NC(=O)NCC1CCCOC1C(C)C. The summed E-state index contributed by atoms with van der Waals surface area (Å²) >= 11 is 0. The number of rotatable bonds is 7. The Kier molecular flexibility index (Phi) is 7.92. The van der Waals surface area contributed by atoms with Crippen LogP contribution in [0, 0.1) is 11.8 Å². The van der Waals surface area contributed by atoms with E-state index in [1.165, 1.54) is 0 Å². The number of aliphatic hydroxyl groups excluding tert-OH is 1. The summed E-state index contributed by atoms with van der Waals surface area (Å²) in [6, 6.07) is -0.0332. The first kappa shape index (κ1) is 17.2. The van der Waals surface area contributed by atoms with Crippen LogP contribution in [0.3, 0.4) is 0 Å². The van der Waals surface area contributed by atoms with Crippen molar-refractivity contribution < 1.29 is 14.6 Å². The van der Waals surface area contributed by atoms with E-state index in [2.05, 4.69) is 24.5 Å². The van der Waals surface area contributed by atoms with Gasteiger partial charge in [0.15, 0.2) is 0 Å². The maximum atomic E-state index is 11.8. The van der Waals surface area contributed by atoms with Crippen LogP contribution >= 0.6 is 0 Å². The van der Waals surface area contributed by atoms with Crippen LogP contribution in [0.2, 0.25) is 0 Å². The summed E-state index contributed by atoms with van der Waals surface area (Å²) < 4.78 is 5.82. The molecule has 5 nitrogen and oxygen atoms in total.